The van der Waals surface area contributed by atoms with Crippen LogP contribution in [-0.2, 0) is 17.9 Å². The van der Waals surface area contributed by atoms with Crippen LogP contribution in [-0.4, -0.2) is 57.8 Å². The van der Waals surface area contributed by atoms with Crippen LogP contribution in [0.4, 0.5) is 14.5 Å². The first-order chi connectivity index (χ1) is 20.4. The number of carbonyl (C=O) groups is 1. The molecule has 224 valence electrons. The van der Waals surface area contributed by atoms with Gasteiger partial charge in [-0.1, -0.05) is 18.2 Å². The molecule has 7 nitrogen and oxygen atoms in total. The Labute approximate surface area is 246 Å². The number of ether oxygens (including phenoxy) is 3. The summed E-state index contributed by atoms with van der Waals surface area (Å²) in [5.74, 6) is -0.0533. The number of methoxy groups -OCH3 is 2. The van der Waals surface area contributed by atoms with Crippen molar-refractivity contribution in [1.29, 1.82) is 0 Å². The van der Waals surface area contributed by atoms with E-state index in [9.17, 15) is 13.6 Å². The van der Waals surface area contributed by atoms with Crippen molar-refractivity contribution in [2.24, 2.45) is 0 Å². The molecule has 1 saturated heterocycles. The standard InChI is InChI=1S/C33H39F2N3O4/c1-36-23-14-16-37(17-15-23)30-10-4-7-24-25(30)20-38(33(24)39)29(22-12-13-31(40-2)32(19-22)41-3)11-6-18-42-21-26-27(34)8-5-9-28(26)35/h4-5,7-10,12-13,19,23,29,36H,6,11,14-18,20-21H2,1-3H3/t29-/m1/s1. The Bertz CT molecular complexity index is 1370. The van der Waals surface area contributed by atoms with Crippen LogP contribution in [0.1, 0.15) is 58.8 Å². The van der Waals surface area contributed by atoms with Crippen LogP contribution < -0.4 is 19.7 Å². The van der Waals surface area contributed by atoms with E-state index in [4.69, 9.17) is 14.2 Å². The maximum Gasteiger partial charge on any atom is 0.255 e. The third-order valence-corrected chi connectivity index (χ3v) is 8.46. The number of anilines is 1. The van der Waals surface area contributed by atoms with Gasteiger partial charge in [0.1, 0.15) is 11.6 Å². The van der Waals surface area contributed by atoms with Gasteiger partial charge in [0.05, 0.1) is 26.9 Å². The van der Waals surface area contributed by atoms with Crippen LogP contribution >= 0.6 is 0 Å². The third kappa shape index (κ3) is 6.22. The van der Waals surface area contributed by atoms with Gasteiger partial charge in [-0.2, -0.15) is 0 Å². The highest BCUT2D eigenvalue weighted by Gasteiger charge is 2.36. The summed E-state index contributed by atoms with van der Waals surface area (Å²) in [7, 11) is 5.19. The highest BCUT2D eigenvalue weighted by molar-refractivity contribution is 6.00. The monoisotopic (exact) mass is 579 g/mol. The van der Waals surface area contributed by atoms with Crippen LogP contribution in [0, 0.1) is 11.6 Å². The maximum atomic E-state index is 14.0. The van der Waals surface area contributed by atoms with Crippen molar-refractivity contribution in [3.63, 3.8) is 0 Å². The highest BCUT2D eigenvalue weighted by atomic mass is 19.1. The van der Waals surface area contributed by atoms with Gasteiger partial charge in [-0.3, -0.25) is 4.79 Å². The first-order valence-electron chi connectivity index (χ1n) is 14.5. The molecule has 2 aliphatic rings. The fourth-order valence-electron chi connectivity index (χ4n) is 6.08. The minimum absolute atomic E-state index is 0.00825. The molecule has 0 unspecified atom stereocenters. The molecular formula is C33H39F2N3O4. The van der Waals surface area contributed by atoms with Crippen molar-refractivity contribution in [2.75, 3.05) is 45.9 Å². The Hall–Kier alpha value is -3.69. The molecular weight excluding hydrogens is 540 g/mol. The molecule has 9 heteroatoms. The molecule has 0 aliphatic carbocycles. The Morgan fingerprint density at radius 3 is 2.38 bits per heavy atom. The molecule has 42 heavy (non-hydrogen) atoms. The molecule has 5 rings (SSSR count). The molecule has 0 radical (unpaired) electrons. The van der Waals surface area contributed by atoms with Gasteiger partial charge < -0.3 is 29.3 Å². The van der Waals surface area contributed by atoms with E-state index in [1.54, 1.807) is 14.2 Å². The van der Waals surface area contributed by atoms with Gasteiger partial charge in [-0.25, -0.2) is 8.78 Å². The predicted molar refractivity (Wildman–Crippen MR) is 158 cm³/mol. The van der Waals surface area contributed by atoms with Crippen LogP contribution in [0.15, 0.2) is 54.6 Å². The van der Waals surface area contributed by atoms with E-state index < -0.39 is 11.6 Å². The molecule has 1 atom stereocenters. The number of nitrogens with zero attached hydrogens (tertiary/aromatic N) is 2. The van der Waals surface area contributed by atoms with Gasteiger partial charge in [0.15, 0.2) is 11.5 Å². The van der Waals surface area contributed by atoms with Crippen LogP contribution in [0.25, 0.3) is 0 Å². The summed E-state index contributed by atoms with van der Waals surface area (Å²) < 4.78 is 44.8. The number of halogens is 2. The van der Waals surface area contributed by atoms with Gasteiger partial charge in [0, 0.05) is 54.7 Å². The normalized spacial score (nSPS) is 16.1. The fraction of sp³-hybridized carbons (Fsp3) is 0.424. The third-order valence-electron chi connectivity index (χ3n) is 8.46. The lowest BCUT2D eigenvalue weighted by molar-refractivity contribution is 0.0657. The fourth-order valence-corrected chi connectivity index (χ4v) is 6.08. The number of hydrogen-bond donors (Lipinski definition) is 1. The average molecular weight is 580 g/mol. The largest absolute Gasteiger partial charge is 0.493 e. The molecule has 2 aliphatic heterocycles. The maximum absolute atomic E-state index is 14.0. The zero-order chi connectivity index (χ0) is 29.6. The zero-order valence-corrected chi connectivity index (χ0v) is 24.5. The summed E-state index contributed by atoms with van der Waals surface area (Å²) in [6.45, 7) is 2.51. The molecule has 0 aromatic heterocycles. The Balaban J connectivity index is 1.35. The Morgan fingerprint density at radius 2 is 1.69 bits per heavy atom. The topological polar surface area (TPSA) is 63.3 Å². The smallest absolute Gasteiger partial charge is 0.255 e. The van der Waals surface area contributed by atoms with E-state index in [0.29, 0.717) is 36.9 Å². The summed E-state index contributed by atoms with van der Waals surface area (Å²) in [6, 6.07) is 15.8. The van der Waals surface area contributed by atoms with Gasteiger partial charge in [-0.15, -0.1) is 0 Å². The molecule has 1 N–H and O–H groups in total. The van der Waals surface area contributed by atoms with Gasteiger partial charge in [-0.05, 0) is 74.7 Å². The highest BCUT2D eigenvalue weighted by Crippen LogP contribution is 2.40. The van der Waals surface area contributed by atoms with E-state index in [2.05, 4.69) is 16.3 Å². The van der Waals surface area contributed by atoms with Crippen molar-refractivity contribution in [2.45, 2.75) is 50.9 Å². The number of carbonyl (C=O) groups excluding carboxylic acids is 1. The predicted octanol–water partition coefficient (Wildman–Crippen LogP) is 5.86. The number of benzene rings is 3. The van der Waals surface area contributed by atoms with Crippen molar-refractivity contribution in [1.82, 2.24) is 10.2 Å². The molecule has 0 bridgehead atoms. The SMILES string of the molecule is CNC1CCN(c2cccc3c2CN([C@H](CCCOCc2c(F)cccc2F)c2ccc(OC)c(OC)c2)C3=O)CC1. The summed E-state index contributed by atoms with van der Waals surface area (Å²) in [5, 5.41) is 3.38. The van der Waals surface area contributed by atoms with Crippen LogP contribution in [0.2, 0.25) is 0 Å². The van der Waals surface area contributed by atoms with E-state index in [1.165, 1.54) is 18.2 Å². The summed E-state index contributed by atoms with van der Waals surface area (Å²) in [6.07, 6.45) is 3.29. The lowest BCUT2D eigenvalue weighted by atomic mass is 9.99. The number of amides is 1. The van der Waals surface area contributed by atoms with Crippen LogP contribution in [0.3, 0.4) is 0 Å². The number of nitrogens with one attached hydrogen (secondary N) is 1. The molecule has 3 aromatic rings. The second-order valence-corrected chi connectivity index (χ2v) is 10.8. The van der Waals surface area contributed by atoms with Crippen LogP contribution in [0.5, 0.6) is 11.5 Å². The Morgan fingerprint density at radius 1 is 0.976 bits per heavy atom. The molecule has 3 aromatic carbocycles. The van der Waals surface area contributed by atoms with E-state index >= 15 is 0 Å². The number of hydrogen-bond acceptors (Lipinski definition) is 6. The number of piperidine rings is 1. The van der Waals surface area contributed by atoms with Crippen molar-refractivity contribution < 1.29 is 27.8 Å². The summed E-state index contributed by atoms with van der Waals surface area (Å²) in [5.41, 5.74) is 3.76. The second-order valence-electron chi connectivity index (χ2n) is 10.8. The quantitative estimate of drug-likeness (QED) is 0.271. The van der Waals surface area contributed by atoms with E-state index in [0.717, 1.165) is 48.3 Å². The lowest BCUT2D eigenvalue weighted by Gasteiger charge is -2.34. The average Bonchev–Trinajstić information content (AvgIpc) is 3.35. The van der Waals surface area contributed by atoms with Gasteiger partial charge >= 0.3 is 0 Å². The first kappa shape index (κ1) is 29.8. The molecule has 0 spiro atoms. The summed E-state index contributed by atoms with van der Waals surface area (Å²) in [4.78, 5) is 18.2. The van der Waals surface area contributed by atoms with Crippen molar-refractivity contribution in [3.8, 4) is 11.5 Å². The molecule has 1 amide bonds. The zero-order valence-electron chi connectivity index (χ0n) is 24.5. The van der Waals surface area contributed by atoms with Crippen molar-refractivity contribution >= 4 is 11.6 Å². The minimum atomic E-state index is -0.621. The molecule has 1 fully saturated rings. The van der Waals surface area contributed by atoms with Crippen molar-refractivity contribution in [3.05, 3.63) is 88.5 Å². The number of rotatable bonds is 12. The second kappa shape index (κ2) is 13.5. The van der Waals surface area contributed by atoms with Gasteiger partial charge in [0.2, 0.25) is 0 Å². The van der Waals surface area contributed by atoms with E-state index in [-0.39, 0.29) is 30.7 Å². The van der Waals surface area contributed by atoms with E-state index in [1.807, 2.05) is 42.3 Å². The van der Waals surface area contributed by atoms with Gasteiger partial charge in [0.25, 0.3) is 5.91 Å². The summed E-state index contributed by atoms with van der Waals surface area (Å²) >= 11 is 0. The number of fused-ring (bicyclic) bond motifs is 1. The molecule has 2 heterocycles. The first-order valence-corrected chi connectivity index (χ1v) is 14.5. The molecule has 0 saturated carbocycles. The Kier molecular flexibility index (Phi) is 9.59. The minimum Gasteiger partial charge on any atom is -0.493 e. The lowest BCUT2D eigenvalue weighted by Crippen LogP contribution is -2.41.